The number of carboxylic acid groups (broad SMARTS) is 1. The van der Waals surface area contributed by atoms with Crippen molar-refractivity contribution in [2.24, 2.45) is 0 Å². The van der Waals surface area contributed by atoms with Crippen LogP contribution in [0.5, 0.6) is 5.75 Å². The fraction of sp³-hybridized carbons (Fsp3) is 0.150. The zero-order valence-electron chi connectivity index (χ0n) is 18.1. The van der Waals surface area contributed by atoms with Gasteiger partial charge in [0.15, 0.2) is 11.6 Å². The second-order valence-electron chi connectivity index (χ2n) is 6.43. The lowest BCUT2D eigenvalue weighted by Crippen LogP contribution is -2.21. The largest absolute Gasteiger partial charge is 0.494 e. The van der Waals surface area contributed by atoms with Gasteiger partial charge in [-0.15, -0.1) is 0 Å². The normalized spacial score (nSPS) is 11.1. The van der Waals surface area contributed by atoms with Crippen molar-refractivity contribution in [2.75, 3.05) is 24.8 Å². The fourth-order valence-corrected chi connectivity index (χ4v) is 3.17. The van der Waals surface area contributed by atoms with Crippen LogP contribution < -0.4 is 20.1 Å². The number of carboxylic acids is 1. The molecule has 0 bridgehead atoms. The number of anilines is 4. The van der Waals surface area contributed by atoms with E-state index in [9.17, 15) is 26.0 Å². The van der Waals surface area contributed by atoms with Gasteiger partial charge in [0.1, 0.15) is 18.0 Å². The number of nitrogens with one attached hydrogen (secondary N) is 3. The molecule has 0 saturated carbocycles. The van der Waals surface area contributed by atoms with Gasteiger partial charge in [-0.2, -0.15) is 13.2 Å². The highest BCUT2D eigenvalue weighted by molar-refractivity contribution is 7.89. The van der Waals surface area contributed by atoms with Gasteiger partial charge in [-0.3, -0.25) is 0 Å². The van der Waals surface area contributed by atoms with Gasteiger partial charge in [-0.25, -0.2) is 32.3 Å². The van der Waals surface area contributed by atoms with Crippen molar-refractivity contribution in [1.82, 2.24) is 14.7 Å². The van der Waals surface area contributed by atoms with Crippen molar-refractivity contribution in [2.45, 2.75) is 11.1 Å². The van der Waals surface area contributed by atoms with Gasteiger partial charge < -0.3 is 20.5 Å². The van der Waals surface area contributed by atoms with E-state index in [0.29, 0.717) is 23.0 Å². The summed E-state index contributed by atoms with van der Waals surface area (Å²) in [5.41, 5.74) is 1.03. The Morgan fingerprint density at radius 1 is 1.00 bits per heavy atom. The maximum Gasteiger partial charge on any atom is 0.490 e. The van der Waals surface area contributed by atoms with Gasteiger partial charge in [0.25, 0.3) is 0 Å². The van der Waals surface area contributed by atoms with E-state index in [1.165, 1.54) is 44.8 Å². The van der Waals surface area contributed by atoms with Crippen LogP contribution in [0.2, 0.25) is 0 Å². The minimum Gasteiger partial charge on any atom is -0.494 e. The number of rotatable bonds is 7. The Bertz CT molecular complexity index is 1290. The smallest absolute Gasteiger partial charge is 0.490 e. The standard InChI is InChI=1S/C18H18FN5O3S.C2HF3O2/c1-20-28(25,26)14-5-3-4-12(8-14)23-17-10-18(22-11-21-17)24-13-6-7-16(27-2)15(19)9-13;3-2(4,5)1(6)7/h3-11,20H,1-2H3,(H2,21,22,23,24);(H,6,7). The van der Waals surface area contributed by atoms with Gasteiger partial charge in [0.2, 0.25) is 10.0 Å². The maximum absolute atomic E-state index is 13.8. The molecule has 0 aliphatic carbocycles. The van der Waals surface area contributed by atoms with E-state index in [2.05, 4.69) is 25.3 Å². The third-order valence-corrected chi connectivity index (χ3v) is 5.43. The highest BCUT2D eigenvalue weighted by atomic mass is 32.2. The molecule has 0 saturated heterocycles. The third kappa shape index (κ3) is 8.08. The number of carbonyl (C=O) groups is 1. The molecule has 0 aliphatic rings. The molecule has 0 aliphatic heterocycles. The molecular weight excluding hydrogens is 498 g/mol. The molecule has 1 heterocycles. The number of aromatic nitrogens is 2. The van der Waals surface area contributed by atoms with Crippen LogP contribution in [0, 0.1) is 5.82 Å². The van der Waals surface area contributed by atoms with E-state index in [4.69, 9.17) is 14.6 Å². The van der Waals surface area contributed by atoms with Gasteiger partial charge >= 0.3 is 12.1 Å². The first-order chi connectivity index (χ1) is 16.4. The molecule has 0 unspecified atom stereocenters. The highest BCUT2D eigenvalue weighted by Crippen LogP contribution is 2.24. The average molecular weight is 517 g/mol. The Morgan fingerprint density at radius 2 is 1.57 bits per heavy atom. The number of nitrogens with zero attached hydrogens (tertiary/aromatic N) is 2. The van der Waals surface area contributed by atoms with Crippen molar-refractivity contribution in [3.8, 4) is 5.75 Å². The lowest BCUT2D eigenvalue weighted by atomic mass is 10.3. The molecule has 3 rings (SSSR count). The molecule has 10 nitrogen and oxygen atoms in total. The molecule has 2 aromatic carbocycles. The van der Waals surface area contributed by atoms with Crippen LogP contribution in [-0.4, -0.2) is 49.8 Å². The molecule has 4 N–H and O–H groups in total. The molecule has 3 aromatic rings. The Kier molecular flexibility index (Phi) is 8.91. The number of halogens is 4. The number of benzene rings is 2. The average Bonchev–Trinajstić information content (AvgIpc) is 2.79. The van der Waals surface area contributed by atoms with Crippen LogP contribution >= 0.6 is 0 Å². The van der Waals surface area contributed by atoms with Crippen LogP contribution in [0.4, 0.5) is 40.6 Å². The minimum absolute atomic E-state index is 0.126. The van der Waals surface area contributed by atoms with Crippen LogP contribution in [0.3, 0.4) is 0 Å². The van der Waals surface area contributed by atoms with Crippen molar-refractivity contribution >= 4 is 39.0 Å². The molecule has 35 heavy (non-hydrogen) atoms. The van der Waals surface area contributed by atoms with Crippen molar-refractivity contribution in [3.05, 3.63) is 60.7 Å². The van der Waals surface area contributed by atoms with Crippen LogP contribution in [-0.2, 0) is 14.8 Å². The fourth-order valence-electron chi connectivity index (χ4n) is 2.39. The lowest BCUT2D eigenvalue weighted by Gasteiger charge is -2.10. The number of alkyl halides is 3. The summed E-state index contributed by atoms with van der Waals surface area (Å²) in [5.74, 6) is -2.24. The maximum atomic E-state index is 13.8. The first-order valence-corrected chi connectivity index (χ1v) is 10.9. The molecule has 0 radical (unpaired) electrons. The number of ether oxygens (including phenoxy) is 1. The van der Waals surface area contributed by atoms with Gasteiger partial charge in [0.05, 0.1) is 12.0 Å². The Hall–Kier alpha value is -3.98. The summed E-state index contributed by atoms with van der Waals surface area (Å²) in [6.45, 7) is 0. The van der Waals surface area contributed by atoms with E-state index in [-0.39, 0.29) is 10.6 Å². The number of methoxy groups -OCH3 is 1. The molecule has 0 atom stereocenters. The van der Waals surface area contributed by atoms with Crippen LogP contribution in [0.15, 0.2) is 59.8 Å². The van der Waals surface area contributed by atoms with E-state index in [1.807, 2.05) is 0 Å². The van der Waals surface area contributed by atoms with Crippen LogP contribution in [0.1, 0.15) is 0 Å². The quantitative estimate of drug-likeness (QED) is 0.345. The second-order valence-corrected chi connectivity index (χ2v) is 8.31. The Balaban J connectivity index is 0.000000540. The summed E-state index contributed by atoms with van der Waals surface area (Å²) in [4.78, 5) is 17.2. The number of hydrogen-bond donors (Lipinski definition) is 4. The summed E-state index contributed by atoms with van der Waals surface area (Å²) in [7, 11) is -0.812. The SMILES string of the molecule is CNS(=O)(=O)c1cccc(Nc2cc(Nc3ccc(OC)c(F)c3)ncn2)c1.O=C(O)C(F)(F)F. The monoisotopic (exact) mass is 517 g/mol. The summed E-state index contributed by atoms with van der Waals surface area (Å²) in [6.07, 6.45) is -3.75. The second kappa shape index (κ2) is 11.4. The van der Waals surface area contributed by atoms with Crippen molar-refractivity contribution in [1.29, 1.82) is 0 Å². The zero-order chi connectivity index (χ0) is 26.2. The van der Waals surface area contributed by atoms with Crippen LogP contribution in [0.25, 0.3) is 0 Å². The number of sulfonamides is 1. The van der Waals surface area contributed by atoms with E-state index < -0.39 is 28.0 Å². The van der Waals surface area contributed by atoms with E-state index >= 15 is 0 Å². The molecule has 0 spiro atoms. The number of hydrogen-bond acceptors (Lipinski definition) is 8. The predicted octanol–water partition coefficient (Wildman–Crippen LogP) is 3.65. The van der Waals surface area contributed by atoms with Gasteiger partial charge in [-0.1, -0.05) is 6.07 Å². The first kappa shape index (κ1) is 27.3. The predicted molar refractivity (Wildman–Crippen MR) is 118 cm³/mol. The molecule has 0 amide bonds. The Morgan fingerprint density at radius 3 is 2.06 bits per heavy atom. The lowest BCUT2D eigenvalue weighted by molar-refractivity contribution is -0.192. The Labute approximate surface area is 197 Å². The molecular formula is C20H19F4N5O5S. The molecule has 15 heteroatoms. The van der Waals surface area contributed by atoms with Crippen molar-refractivity contribution < 1.29 is 40.6 Å². The topological polar surface area (TPSA) is 143 Å². The summed E-state index contributed by atoms with van der Waals surface area (Å²) in [6, 6.07) is 12.4. The first-order valence-electron chi connectivity index (χ1n) is 9.39. The van der Waals surface area contributed by atoms with Gasteiger partial charge in [-0.05, 0) is 37.4 Å². The minimum atomic E-state index is -5.08. The number of aliphatic carboxylic acids is 1. The van der Waals surface area contributed by atoms with Gasteiger partial charge in [0, 0.05) is 23.5 Å². The molecule has 1 aromatic heterocycles. The van der Waals surface area contributed by atoms with E-state index in [1.54, 1.807) is 24.3 Å². The van der Waals surface area contributed by atoms with E-state index in [0.717, 1.165) is 0 Å². The molecule has 0 fully saturated rings. The molecule has 188 valence electrons. The third-order valence-electron chi connectivity index (χ3n) is 4.02. The van der Waals surface area contributed by atoms with Crippen molar-refractivity contribution in [3.63, 3.8) is 0 Å². The summed E-state index contributed by atoms with van der Waals surface area (Å²) in [5, 5.41) is 13.1. The zero-order valence-corrected chi connectivity index (χ0v) is 18.9. The highest BCUT2D eigenvalue weighted by Gasteiger charge is 2.38. The summed E-state index contributed by atoms with van der Waals surface area (Å²) >= 11 is 0. The summed E-state index contributed by atoms with van der Waals surface area (Å²) < 4.78 is 76.6.